The molecule has 11 heteroatoms. The molecular formula is C27H28F2N6O3. The molecule has 1 saturated carbocycles. The normalized spacial score (nSPS) is 13.6. The zero-order chi connectivity index (χ0) is 27.2. The summed E-state index contributed by atoms with van der Waals surface area (Å²) < 4.78 is 34.4. The maximum atomic E-state index is 14.9. The number of halogens is 2. The van der Waals surface area contributed by atoms with Crippen LogP contribution in [0.15, 0.2) is 62.1 Å². The molecule has 1 aliphatic rings. The van der Waals surface area contributed by atoms with E-state index in [0.29, 0.717) is 28.6 Å². The van der Waals surface area contributed by atoms with Crippen LogP contribution in [0, 0.1) is 11.6 Å². The van der Waals surface area contributed by atoms with Crippen molar-refractivity contribution in [2.75, 3.05) is 19.5 Å². The fraction of sp³-hybridized carbons (Fsp3) is 0.259. The van der Waals surface area contributed by atoms with Crippen LogP contribution in [0.25, 0.3) is 10.9 Å². The Labute approximate surface area is 218 Å². The molecule has 4 aromatic rings. The minimum Gasteiger partial charge on any atom is -0.494 e. The smallest absolute Gasteiger partial charge is 0.252 e. The molecule has 0 unspecified atom stereocenters. The Balaban J connectivity index is 0.00000164. The van der Waals surface area contributed by atoms with Crippen LogP contribution in [0.3, 0.4) is 0 Å². The number of anilines is 1. The highest BCUT2D eigenvalue weighted by Crippen LogP contribution is 2.28. The monoisotopic (exact) mass is 522 g/mol. The lowest BCUT2D eigenvalue weighted by molar-refractivity contribution is 0.0942. The Hall–Kier alpha value is -4.54. The number of hydrogen-bond donors (Lipinski definition) is 2. The van der Waals surface area contributed by atoms with Crippen molar-refractivity contribution in [2.24, 2.45) is 0 Å². The summed E-state index contributed by atoms with van der Waals surface area (Å²) in [7, 11) is 2.80. The molecule has 0 bridgehead atoms. The van der Waals surface area contributed by atoms with E-state index in [1.165, 1.54) is 49.7 Å². The van der Waals surface area contributed by atoms with Gasteiger partial charge in [-0.1, -0.05) is 6.07 Å². The molecule has 1 amide bonds. The van der Waals surface area contributed by atoms with E-state index in [9.17, 15) is 13.6 Å². The summed E-state index contributed by atoms with van der Waals surface area (Å²) in [6, 6.07) is 6.49. The fourth-order valence-corrected chi connectivity index (χ4v) is 4.03. The predicted molar refractivity (Wildman–Crippen MR) is 139 cm³/mol. The van der Waals surface area contributed by atoms with Crippen LogP contribution >= 0.6 is 0 Å². The summed E-state index contributed by atoms with van der Waals surface area (Å²) in [5.41, 5.74) is 1.33. The maximum Gasteiger partial charge on any atom is 0.252 e. The standard InChI is InChI=1S/C25H24F2N6O3.C2H4/c1-35-22-7-6-14(8-20(22)27)23(16-11-29-33(13-16)36-2)32-24(34)15-9-19(26)18-12-28-25(31-21(18)10-15)30-17-4-3-5-17;1-2/h6-13,17,23H,3-5H2,1-2H3,(H,32,34)(H,28,30,31);1-2H2/t23-;/m0./s1. The van der Waals surface area contributed by atoms with Gasteiger partial charge in [0.05, 0.1) is 36.4 Å². The first-order chi connectivity index (χ1) is 18.4. The van der Waals surface area contributed by atoms with E-state index in [1.807, 2.05) is 0 Å². The number of amides is 1. The largest absolute Gasteiger partial charge is 0.494 e. The molecule has 9 nitrogen and oxygen atoms in total. The molecule has 0 saturated heterocycles. The summed E-state index contributed by atoms with van der Waals surface area (Å²) in [4.78, 5) is 28.2. The number of aromatic nitrogens is 4. The molecule has 2 N–H and O–H groups in total. The maximum absolute atomic E-state index is 14.9. The van der Waals surface area contributed by atoms with Gasteiger partial charge in [-0.05, 0) is 49.1 Å². The lowest BCUT2D eigenvalue weighted by Crippen LogP contribution is -2.29. The number of fused-ring (bicyclic) bond motifs is 1. The Morgan fingerprint density at radius 1 is 1.11 bits per heavy atom. The van der Waals surface area contributed by atoms with E-state index < -0.39 is 23.6 Å². The lowest BCUT2D eigenvalue weighted by Gasteiger charge is -2.26. The minimum atomic E-state index is -0.804. The average Bonchev–Trinajstić information content (AvgIpc) is 3.39. The number of methoxy groups -OCH3 is 1. The van der Waals surface area contributed by atoms with E-state index in [-0.39, 0.29) is 16.7 Å². The Bertz CT molecular complexity index is 1440. The number of benzene rings is 2. The van der Waals surface area contributed by atoms with Gasteiger partial charge >= 0.3 is 0 Å². The summed E-state index contributed by atoms with van der Waals surface area (Å²) >= 11 is 0. The molecule has 0 aliphatic heterocycles. The van der Waals surface area contributed by atoms with Crippen molar-refractivity contribution in [1.29, 1.82) is 0 Å². The van der Waals surface area contributed by atoms with Gasteiger partial charge in [-0.2, -0.15) is 0 Å². The van der Waals surface area contributed by atoms with Crippen LogP contribution in [0.2, 0.25) is 0 Å². The van der Waals surface area contributed by atoms with Gasteiger partial charge in [-0.15, -0.1) is 23.1 Å². The third kappa shape index (κ3) is 5.56. The van der Waals surface area contributed by atoms with Crippen molar-refractivity contribution >= 4 is 22.8 Å². The van der Waals surface area contributed by atoms with Crippen LogP contribution in [0.1, 0.15) is 46.8 Å². The zero-order valence-electron chi connectivity index (χ0n) is 21.1. The Morgan fingerprint density at radius 2 is 1.89 bits per heavy atom. The second-order valence-corrected chi connectivity index (χ2v) is 8.52. The first-order valence-corrected chi connectivity index (χ1v) is 11.9. The molecular weight excluding hydrogens is 494 g/mol. The third-order valence-corrected chi connectivity index (χ3v) is 6.24. The van der Waals surface area contributed by atoms with Gasteiger partial charge in [0.15, 0.2) is 11.6 Å². The highest BCUT2D eigenvalue weighted by atomic mass is 19.1. The minimum absolute atomic E-state index is 0.0615. The van der Waals surface area contributed by atoms with Crippen molar-refractivity contribution in [3.05, 3.63) is 90.4 Å². The number of ether oxygens (including phenoxy) is 1. The topological polar surface area (TPSA) is 103 Å². The molecule has 0 radical (unpaired) electrons. The van der Waals surface area contributed by atoms with E-state index in [1.54, 1.807) is 12.3 Å². The summed E-state index contributed by atoms with van der Waals surface area (Å²) in [6.07, 6.45) is 7.66. The molecule has 2 aromatic heterocycles. The number of hydrogen-bond acceptors (Lipinski definition) is 7. The summed E-state index contributed by atoms with van der Waals surface area (Å²) in [5.74, 6) is -1.32. The van der Waals surface area contributed by atoms with Crippen molar-refractivity contribution in [3.63, 3.8) is 0 Å². The van der Waals surface area contributed by atoms with Crippen molar-refractivity contribution in [1.82, 2.24) is 25.2 Å². The van der Waals surface area contributed by atoms with Gasteiger partial charge in [0.2, 0.25) is 5.95 Å². The highest BCUT2D eigenvalue weighted by Gasteiger charge is 2.23. The number of carbonyl (C=O) groups is 1. The molecule has 2 aromatic carbocycles. The van der Waals surface area contributed by atoms with Gasteiger partial charge in [-0.3, -0.25) is 4.79 Å². The van der Waals surface area contributed by atoms with Crippen molar-refractivity contribution in [2.45, 2.75) is 31.3 Å². The van der Waals surface area contributed by atoms with Gasteiger partial charge in [-0.25, -0.2) is 18.7 Å². The molecule has 5 rings (SSSR count). The van der Waals surface area contributed by atoms with Crippen LogP contribution in [-0.4, -0.2) is 46.1 Å². The third-order valence-electron chi connectivity index (χ3n) is 6.24. The first kappa shape index (κ1) is 26.5. The van der Waals surface area contributed by atoms with E-state index in [4.69, 9.17) is 9.57 Å². The second kappa shape index (κ2) is 11.7. The van der Waals surface area contributed by atoms with E-state index in [2.05, 4.69) is 38.9 Å². The molecule has 1 fully saturated rings. The van der Waals surface area contributed by atoms with Crippen LogP contribution < -0.4 is 20.2 Å². The van der Waals surface area contributed by atoms with Crippen molar-refractivity contribution < 1.29 is 23.1 Å². The molecule has 1 atom stereocenters. The molecule has 0 spiro atoms. The fourth-order valence-electron chi connectivity index (χ4n) is 4.03. The highest BCUT2D eigenvalue weighted by molar-refractivity contribution is 5.98. The van der Waals surface area contributed by atoms with Crippen LogP contribution in [0.5, 0.6) is 5.75 Å². The number of nitrogens with zero attached hydrogens (tertiary/aromatic N) is 4. The van der Waals surface area contributed by atoms with E-state index >= 15 is 0 Å². The summed E-state index contributed by atoms with van der Waals surface area (Å²) in [6.45, 7) is 6.00. The van der Waals surface area contributed by atoms with Gasteiger partial charge < -0.3 is 20.2 Å². The van der Waals surface area contributed by atoms with E-state index in [0.717, 1.165) is 25.3 Å². The molecule has 2 heterocycles. The number of carbonyl (C=O) groups excluding carboxylic acids is 1. The Morgan fingerprint density at radius 3 is 2.53 bits per heavy atom. The van der Waals surface area contributed by atoms with Gasteiger partial charge in [0, 0.05) is 23.4 Å². The average molecular weight is 523 g/mol. The number of rotatable bonds is 8. The quantitative estimate of drug-likeness (QED) is 0.330. The predicted octanol–water partition coefficient (Wildman–Crippen LogP) is 4.46. The van der Waals surface area contributed by atoms with Crippen LogP contribution in [-0.2, 0) is 0 Å². The Kier molecular flexibility index (Phi) is 8.15. The SMILES string of the molecule is C=C.COc1ccc([C@H](NC(=O)c2cc(F)c3cnc(NC4CCC4)nc3c2)c2cnn(OC)c2)cc1F. The van der Waals surface area contributed by atoms with Crippen LogP contribution in [0.4, 0.5) is 14.7 Å². The van der Waals surface area contributed by atoms with Crippen molar-refractivity contribution in [3.8, 4) is 5.75 Å². The second-order valence-electron chi connectivity index (χ2n) is 8.52. The molecule has 198 valence electrons. The lowest BCUT2D eigenvalue weighted by atomic mass is 9.93. The summed E-state index contributed by atoms with van der Waals surface area (Å²) in [5, 5.41) is 10.3. The molecule has 38 heavy (non-hydrogen) atoms. The molecule has 1 aliphatic carbocycles. The van der Waals surface area contributed by atoms with Gasteiger partial charge in [0.25, 0.3) is 5.91 Å². The van der Waals surface area contributed by atoms with Gasteiger partial charge in [0.1, 0.15) is 12.9 Å². The first-order valence-electron chi connectivity index (χ1n) is 11.9. The zero-order valence-corrected chi connectivity index (χ0v) is 21.1. The number of nitrogens with one attached hydrogen (secondary N) is 2.